The molecule has 0 bridgehead atoms. The van der Waals surface area contributed by atoms with Crippen LogP contribution in [0.3, 0.4) is 0 Å². The molecule has 0 atom stereocenters. The molecular formula is C8H8Cl2NO2P. The van der Waals surface area contributed by atoms with Crippen molar-refractivity contribution in [2.45, 2.75) is 6.92 Å². The molecule has 0 radical (unpaired) electrons. The molecule has 0 unspecified atom stereocenters. The van der Waals surface area contributed by atoms with Crippen LogP contribution >= 0.6 is 28.5 Å². The quantitative estimate of drug-likeness (QED) is 0.820. The van der Waals surface area contributed by atoms with Crippen molar-refractivity contribution in [3.05, 3.63) is 35.4 Å². The van der Waals surface area contributed by atoms with E-state index in [1.165, 1.54) is 0 Å². The summed E-state index contributed by atoms with van der Waals surface area (Å²) in [5.41, 5.74) is 1.40. The molecule has 1 rings (SSSR count). The highest BCUT2D eigenvalue weighted by atomic mass is 35.9. The van der Waals surface area contributed by atoms with Crippen molar-refractivity contribution in [2.75, 3.05) is 0 Å². The van der Waals surface area contributed by atoms with E-state index in [0.717, 1.165) is 5.56 Å². The van der Waals surface area contributed by atoms with Gasteiger partial charge in [-0.05, 0) is 41.5 Å². The molecule has 0 aromatic heterocycles. The van der Waals surface area contributed by atoms with Crippen LogP contribution in [0.2, 0.25) is 0 Å². The summed E-state index contributed by atoms with van der Waals surface area (Å²) in [6, 6.07) is 6.74. The minimum absolute atomic E-state index is 0.372. The minimum Gasteiger partial charge on any atom is -0.279 e. The summed E-state index contributed by atoms with van der Waals surface area (Å²) in [5.74, 6) is -4.10. The van der Waals surface area contributed by atoms with Crippen LogP contribution < -0.4 is 5.09 Å². The van der Waals surface area contributed by atoms with E-state index in [2.05, 4.69) is 0 Å². The van der Waals surface area contributed by atoms with Crippen LogP contribution in [0.5, 0.6) is 0 Å². The van der Waals surface area contributed by atoms with Gasteiger partial charge in [0.1, 0.15) is 0 Å². The highest BCUT2D eigenvalue weighted by Gasteiger charge is 2.17. The molecule has 3 nitrogen and oxygen atoms in total. The fourth-order valence-electron chi connectivity index (χ4n) is 0.888. The van der Waals surface area contributed by atoms with Crippen LogP contribution in [-0.4, -0.2) is 5.91 Å². The van der Waals surface area contributed by atoms with Crippen molar-refractivity contribution in [3.8, 4) is 0 Å². The Labute approximate surface area is 91.4 Å². The molecule has 0 saturated heterocycles. The van der Waals surface area contributed by atoms with Gasteiger partial charge in [0.05, 0.1) is 0 Å². The van der Waals surface area contributed by atoms with Crippen LogP contribution in [-0.2, 0) is 4.57 Å². The Morgan fingerprint density at radius 2 is 1.79 bits per heavy atom. The molecule has 0 heterocycles. The summed E-state index contributed by atoms with van der Waals surface area (Å²) in [6.07, 6.45) is 0. The first kappa shape index (κ1) is 11.6. The molecule has 0 aliphatic carbocycles. The Balaban J connectivity index is 2.81. The molecule has 1 amide bonds. The zero-order chi connectivity index (χ0) is 10.8. The van der Waals surface area contributed by atoms with Crippen molar-refractivity contribution in [1.29, 1.82) is 0 Å². The highest BCUT2D eigenvalue weighted by molar-refractivity contribution is 8.07. The smallest absolute Gasteiger partial charge is 0.279 e. The van der Waals surface area contributed by atoms with Gasteiger partial charge in [0, 0.05) is 5.56 Å². The van der Waals surface area contributed by atoms with Gasteiger partial charge in [-0.15, -0.1) is 0 Å². The van der Waals surface area contributed by atoms with E-state index in [-0.39, 0.29) is 0 Å². The summed E-state index contributed by atoms with van der Waals surface area (Å²) in [5, 5.41) is 2.00. The van der Waals surface area contributed by atoms with E-state index in [4.69, 9.17) is 22.5 Å². The maximum Gasteiger partial charge on any atom is 0.345 e. The number of amides is 1. The van der Waals surface area contributed by atoms with Gasteiger partial charge in [-0.25, -0.2) is 0 Å². The molecule has 0 aliphatic rings. The van der Waals surface area contributed by atoms with Crippen molar-refractivity contribution in [2.24, 2.45) is 0 Å². The van der Waals surface area contributed by atoms with Gasteiger partial charge in [-0.1, -0.05) is 17.7 Å². The van der Waals surface area contributed by atoms with Crippen molar-refractivity contribution < 1.29 is 9.36 Å². The molecule has 1 aromatic carbocycles. The van der Waals surface area contributed by atoms with Gasteiger partial charge in [-0.3, -0.25) is 14.4 Å². The first-order chi connectivity index (χ1) is 6.38. The number of nitrogens with one attached hydrogen (secondary N) is 1. The lowest BCUT2D eigenvalue weighted by molar-refractivity contribution is 0.0982. The molecule has 0 fully saturated rings. The fourth-order valence-corrected chi connectivity index (χ4v) is 1.71. The number of hydrogen-bond acceptors (Lipinski definition) is 2. The van der Waals surface area contributed by atoms with Crippen LogP contribution in [0, 0.1) is 6.92 Å². The van der Waals surface area contributed by atoms with Crippen molar-refractivity contribution in [1.82, 2.24) is 5.09 Å². The predicted molar refractivity (Wildman–Crippen MR) is 58.0 cm³/mol. The predicted octanol–water partition coefficient (Wildman–Crippen LogP) is 3.31. The molecule has 0 aliphatic heterocycles. The third-order valence-corrected chi connectivity index (χ3v) is 2.52. The molecule has 76 valence electrons. The van der Waals surface area contributed by atoms with Gasteiger partial charge in [0.15, 0.2) is 0 Å². The van der Waals surface area contributed by atoms with Gasteiger partial charge in [0.2, 0.25) is 0 Å². The molecule has 14 heavy (non-hydrogen) atoms. The van der Waals surface area contributed by atoms with E-state index < -0.39 is 11.9 Å². The third kappa shape index (κ3) is 3.70. The molecule has 0 saturated carbocycles. The first-order valence-corrected chi connectivity index (χ1v) is 7.29. The molecule has 1 aromatic rings. The Kier molecular flexibility index (Phi) is 3.59. The topological polar surface area (TPSA) is 46.2 Å². The van der Waals surface area contributed by atoms with E-state index in [9.17, 15) is 9.36 Å². The lowest BCUT2D eigenvalue weighted by Crippen LogP contribution is -2.16. The molecule has 1 N–H and O–H groups in total. The number of benzene rings is 1. The SMILES string of the molecule is Cc1ccc(C(=O)NP(=O)(Cl)Cl)cc1. The maximum absolute atomic E-state index is 11.3. The number of aryl methyl sites for hydroxylation is 1. The second kappa shape index (κ2) is 4.35. The average Bonchev–Trinajstić information content (AvgIpc) is 2.02. The average molecular weight is 252 g/mol. The van der Waals surface area contributed by atoms with Gasteiger partial charge >= 0.3 is 6.00 Å². The summed E-state index contributed by atoms with van der Waals surface area (Å²) < 4.78 is 10.9. The van der Waals surface area contributed by atoms with Crippen LogP contribution in [0.1, 0.15) is 15.9 Å². The fraction of sp³-hybridized carbons (Fsp3) is 0.125. The lowest BCUT2D eigenvalue weighted by atomic mass is 10.1. The normalized spacial score (nSPS) is 11.1. The van der Waals surface area contributed by atoms with Gasteiger partial charge in [0.25, 0.3) is 5.91 Å². The van der Waals surface area contributed by atoms with Crippen molar-refractivity contribution in [3.63, 3.8) is 0 Å². The second-order valence-corrected chi connectivity index (χ2v) is 7.29. The van der Waals surface area contributed by atoms with Gasteiger partial charge in [-0.2, -0.15) is 0 Å². The van der Waals surface area contributed by atoms with E-state index in [1.54, 1.807) is 24.3 Å². The van der Waals surface area contributed by atoms with E-state index >= 15 is 0 Å². The largest absolute Gasteiger partial charge is 0.345 e. The zero-order valence-corrected chi connectivity index (χ0v) is 9.74. The second-order valence-electron chi connectivity index (χ2n) is 2.77. The lowest BCUT2D eigenvalue weighted by Gasteiger charge is -2.05. The van der Waals surface area contributed by atoms with Crippen LogP contribution in [0.15, 0.2) is 24.3 Å². The van der Waals surface area contributed by atoms with Crippen LogP contribution in [0.25, 0.3) is 0 Å². The summed E-state index contributed by atoms with van der Waals surface area (Å²) in [6.45, 7) is 1.90. The Morgan fingerprint density at radius 1 is 1.29 bits per heavy atom. The number of rotatable bonds is 2. The molecular weight excluding hydrogens is 244 g/mol. The van der Waals surface area contributed by atoms with Crippen molar-refractivity contribution >= 4 is 34.4 Å². The van der Waals surface area contributed by atoms with E-state index in [1.807, 2.05) is 12.0 Å². The maximum atomic E-state index is 11.3. The number of carbonyl (C=O) groups is 1. The Bertz CT molecular complexity index is 385. The Hall–Kier alpha value is -0.500. The number of halogens is 2. The molecule has 6 heteroatoms. The third-order valence-electron chi connectivity index (χ3n) is 1.55. The summed E-state index contributed by atoms with van der Waals surface area (Å²) in [7, 11) is 0. The van der Waals surface area contributed by atoms with Gasteiger partial charge < -0.3 is 0 Å². The molecule has 0 spiro atoms. The highest BCUT2D eigenvalue weighted by Crippen LogP contribution is 2.52. The summed E-state index contributed by atoms with van der Waals surface area (Å²) >= 11 is 10.4. The van der Waals surface area contributed by atoms with Crippen LogP contribution in [0.4, 0.5) is 0 Å². The summed E-state index contributed by atoms with van der Waals surface area (Å²) in [4.78, 5) is 11.3. The zero-order valence-electron chi connectivity index (χ0n) is 7.33. The number of hydrogen-bond donors (Lipinski definition) is 1. The monoisotopic (exact) mass is 251 g/mol. The van der Waals surface area contributed by atoms with E-state index in [0.29, 0.717) is 5.56 Å². The minimum atomic E-state index is -3.55. The standard InChI is InChI=1S/C8H8Cl2NO2P/c1-6-2-4-7(5-3-6)8(12)11-14(9,10)13/h2-5H,1H3,(H,11,12,13). The number of carbonyl (C=O) groups excluding carboxylic acids is 1. The first-order valence-electron chi connectivity index (χ1n) is 3.77. The Morgan fingerprint density at radius 3 is 2.21 bits per heavy atom.